The summed E-state index contributed by atoms with van der Waals surface area (Å²) in [4.78, 5) is 0. The van der Waals surface area contributed by atoms with E-state index in [2.05, 4.69) is 32.7 Å². The van der Waals surface area contributed by atoms with Crippen LogP contribution in [0.25, 0.3) is 11.0 Å². The molecule has 0 amide bonds. The maximum Gasteiger partial charge on any atom is 0.358 e. The van der Waals surface area contributed by atoms with Crippen molar-refractivity contribution in [2.75, 3.05) is 18.5 Å². The number of aliphatic hydroxyl groups is 1. The van der Waals surface area contributed by atoms with E-state index in [9.17, 15) is 5.11 Å². The Bertz CT molecular complexity index is 876. The first-order valence-electron chi connectivity index (χ1n) is 8.54. The molecule has 0 saturated carbocycles. The first-order valence-corrected chi connectivity index (χ1v) is 8.91. The Morgan fingerprint density at radius 3 is 2.84 bits per heavy atom. The minimum Gasteiger partial charge on any atom is -0.491 e. The highest BCUT2D eigenvalue weighted by molar-refractivity contribution is 6.30. The summed E-state index contributed by atoms with van der Waals surface area (Å²) >= 11 is 5.87. The molecule has 0 aliphatic carbocycles. The molecular weight excluding hydrogens is 338 g/mol. The lowest BCUT2D eigenvalue weighted by atomic mass is 10.3. The number of halogens is 1. The number of aliphatic hydroxyl groups excluding tert-OH is 1. The van der Waals surface area contributed by atoms with Crippen molar-refractivity contribution in [3.05, 3.63) is 53.6 Å². The molecule has 1 atom stereocenters. The predicted molar refractivity (Wildman–Crippen MR) is 98.2 cm³/mol. The first-order chi connectivity index (χ1) is 12.2. The summed E-state index contributed by atoms with van der Waals surface area (Å²) in [5.41, 5.74) is 2.31. The van der Waals surface area contributed by atoms with Crippen LogP contribution in [0, 0.1) is 0 Å². The quantitative estimate of drug-likeness (QED) is 0.689. The summed E-state index contributed by atoms with van der Waals surface area (Å²) in [7, 11) is 0. The number of anilines is 1. The van der Waals surface area contributed by atoms with Crippen molar-refractivity contribution in [2.24, 2.45) is 0 Å². The zero-order chi connectivity index (χ0) is 17.2. The van der Waals surface area contributed by atoms with Crippen LogP contribution in [0.15, 0.2) is 48.5 Å². The van der Waals surface area contributed by atoms with Crippen LogP contribution in [-0.2, 0) is 13.1 Å². The van der Waals surface area contributed by atoms with Gasteiger partial charge in [-0.3, -0.25) is 5.32 Å². The monoisotopic (exact) mass is 358 g/mol. The van der Waals surface area contributed by atoms with Crippen LogP contribution < -0.4 is 14.6 Å². The molecule has 0 saturated heterocycles. The summed E-state index contributed by atoms with van der Waals surface area (Å²) in [5, 5.41) is 14.6. The Kier molecular flexibility index (Phi) is 4.51. The fourth-order valence-corrected chi connectivity index (χ4v) is 3.45. The largest absolute Gasteiger partial charge is 0.491 e. The van der Waals surface area contributed by atoms with Gasteiger partial charge in [0.2, 0.25) is 0 Å². The second-order valence-electron chi connectivity index (χ2n) is 6.27. The average molecular weight is 359 g/mol. The normalized spacial score (nSPS) is 14.8. The van der Waals surface area contributed by atoms with Crippen molar-refractivity contribution in [3.63, 3.8) is 0 Å². The van der Waals surface area contributed by atoms with Crippen molar-refractivity contribution in [2.45, 2.75) is 25.6 Å². The van der Waals surface area contributed by atoms with Gasteiger partial charge in [-0.25, -0.2) is 9.13 Å². The van der Waals surface area contributed by atoms with E-state index in [1.165, 1.54) is 5.52 Å². The van der Waals surface area contributed by atoms with E-state index in [-0.39, 0.29) is 6.61 Å². The Morgan fingerprint density at radius 2 is 2.00 bits per heavy atom. The van der Waals surface area contributed by atoms with Gasteiger partial charge in [-0.05, 0) is 36.4 Å². The van der Waals surface area contributed by atoms with E-state index < -0.39 is 6.10 Å². The minimum atomic E-state index is -0.611. The van der Waals surface area contributed by atoms with Crippen LogP contribution in [0.3, 0.4) is 0 Å². The van der Waals surface area contributed by atoms with Gasteiger partial charge in [0.15, 0.2) is 0 Å². The molecule has 4 rings (SSSR count). The smallest absolute Gasteiger partial charge is 0.358 e. The second kappa shape index (κ2) is 6.94. The van der Waals surface area contributed by atoms with Gasteiger partial charge in [0.25, 0.3) is 0 Å². The zero-order valence-corrected chi connectivity index (χ0v) is 14.6. The van der Waals surface area contributed by atoms with Gasteiger partial charge in [-0.1, -0.05) is 23.7 Å². The van der Waals surface area contributed by atoms with E-state index in [4.69, 9.17) is 16.3 Å². The lowest BCUT2D eigenvalue weighted by molar-refractivity contribution is -0.661. The standard InChI is InChI=1S/C19H20ClN3O2/c20-14-6-8-16(9-7-14)25-13-15(24)12-23-18-5-2-1-4-17(18)22-11-3-10-21-19(22)23/h1-2,4-9,15,24H,3,10-13H2/p+1/t15-/m1/s1. The Hall–Kier alpha value is -2.24. The Balaban J connectivity index is 1.53. The van der Waals surface area contributed by atoms with E-state index >= 15 is 0 Å². The van der Waals surface area contributed by atoms with E-state index in [1.807, 2.05) is 6.07 Å². The SMILES string of the molecule is O[C@@H](COc1ccc(Cl)cc1)Cn1c2[n+](c3ccccc31)CCCN2. The van der Waals surface area contributed by atoms with Gasteiger partial charge in [-0.2, -0.15) is 0 Å². The summed E-state index contributed by atoms with van der Waals surface area (Å²) in [6.45, 7) is 2.65. The summed E-state index contributed by atoms with van der Waals surface area (Å²) < 4.78 is 10.1. The van der Waals surface area contributed by atoms with Crippen LogP contribution in [0.4, 0.5) is 5.95 Å². The van der Waals surface area contributed by atoms with Crippen LogP contribution in [-0.4, -0.2) is 28.9 Å². The van der Waals surface area contributed by atoms with Crippen molar-refractivity contribution < 1.29 is 14.4 Å². The Morgan fingerprint density at radius 1 is 1.20 bits per heavy atom. The number of nitrogens with zero attached hydrogens (tertiary/aromatic N) is 2. The molecule has 0 radical (unpaired) electrons. The van der Waals surface area contributed by atoms with Gasteiger partial charge < -0.3 is 9.84 Å². The molecule has 2 N–H and O–H groups in total. The number of rotatable bonds is 5. The molecule has 0 bridgehead atoms. The highest BCUT2D eigenvalue weighted by Crippen LogP contribution is 2.21. The minimum absolute atomic E-state index is 0.230. The van der Waals surface area contributed by atoms with Crippen molar-refractivity contribution >= 4 is 28.6 Å². The number of hydrogen-bond acceptors (Lipinski definition) is 3. The number of nitrogens with one attached hydrogen (secondary N) is 1. The summed E-state index contributed by atoms with van der Waals surface area (Å²) in [5.74, 6) is 1.76. The second-order valence-corrected chi connectivity index (χ2v) is 6.71. The van der Waals surface area contributed by atoms with Crippen LogP contribution in [0.2, 0.25) is 5.02 Å². The van der Waals surface area contributed by atoms with Crippen LogP contribution >= 0.6 is 11.6 Å². The number of benzene rings is 2. The molecule has 0 fully saturated rings. The molecule has 2 heterocycles. The maximum absolute atomic E-state index is 10.5. The van der Waals surface area contributed by atoms with Gasteiger partial charge in [0.05, 0.1) is 13.1 Å². The number of aromatic nitrogens is 2. The third kappa shape index (κ3) is 3.30. The molecule has 1 aliphatic heterocycles. The number of hydrogen-bond donors (Lipinski definition) is 2. The van der Waals surface area contributed by atoms with Crippen LogP contribution in [0.5, 0.6) is 5.75 Å². The molecule has 25 heavy (non-hydrogen) atoms. The Labute approximate surface area is 151 Å². The predicted octanol–water partition coefficient (Wildman–Crippen LogP) is 2.84. The van der Waals surface area contributed by atoms with E-state index in [0.29, 0.717) is 17.3 Å². The lowest BCUT2D eigenvalue weighted by Gasteiger charge is -2.15. The highest BCUT2D eigenvalue weighted by Gasteiger charge is 2.27. The molecule has 130 valence electrons. The van der Waals surface area contributed by atoms with Gasteiger partial charge in [0.1, 0.15) is 36.0 Å². The zero-order valence-electron chi connectivity index (χ0n) is 13.9. The first kappa shape index (κ1) is 16.2. The van der Waals surface area contributed by atoms with Crippen molar-refractivity contribution in [3.8, 4) is 5.75 Å². The molecule has 0 spiro atoms. The average Bonchev–Trinajstić information content (AvgIpc) is 2.96. The fraction of sp³-hybridized carbons (Fsp3) is 0.316. The van der Waals surface area contributed by atoms with E-state index in [0.717, 1.165) is 31.0 Å². The van der Waals surface area contributed by atoms with E-state index in [1.54, 1.807) is 24.3 Å². The lowest BCUT2D eigenvalue weighted by Crippen LogP contribution is -2.42. The number of fused-ring (bicyclic) bond motifs is 3. The molecule has 6 heteroatoms. The molecule has 1 aliphatic rings. The third-order valence-corrected chi connectivity index (χ3v) is 4.72. The fourth-order valence-electron chi connectivity index (χ4n) is 3.32. The third-order valence-electron chi connectivity index (χ3n) is 4.47. The van der Waals surface area contributed by atoms with Gasteiger partial charge in [0, 0.05) is 11.4 Å². The number of imidazole rings is 1. The van der Waals surface area contributed by atoms with Crippen molar-refractivity contribution in [1.82, 2.24) is 4.57 Å². The van der Waals surface area contributed by atoms with Crippen LogP contribution in [0.1, 0.15) is 6.42 Å². The summed E-state index contributed by atoms with van der Waals surface area (Å²) in [6, 6.07) is 15.5. The molecule has 0 unspecified atom stereocenters. The van der Waals surface area contributed by atoms with Gasteiger partial charge >= 0.3 is 5.95 Å². The molecule has 1 aromatic heterocycles. The number of aryl methyl sites for hydroxylation is 1. The number of para-hydroxylation sites is 2. The van der Waals surface area contributed by atoms with Gasteiger partial charge in [-0.15, -0.1) is 0 Å². The molecule has 3 aromatic rings. The topological polar surface area (TPSA) is 50.3 Å². The summed E-state index contributed by atoms with van der Waals surface area (Å²) in [6.07, 6.45) is 0.494. The molecular formula is C19H21ClN3O2+. The van der Waals surface area contributed by atoms with Crippen molar-refractivity contribution in [1.29, 1.82) is 0 Å². The number of ether oxygens (including phenoxy) is 1. The highest BCUT2D eigenvalue weighted by atomic mass is 35.5. The molecule has 5 nitrogen and oxygen atoms in total. The maximum atomic E-state index is 10.5. The molecule has 2 aromatic carbocycles.